The van der Waals surface area contributed by atoms with Gasteiger partial charge in [-0.15, -0.1) is 34.8 Å². The van der Waals surface area contributed by atoms with E-state index in [0.717, 1.165) is 12.8 Å². The van der Waals surface area contributed by atoms with Crippen LogP contribution in [0.15, 0.2) is 24.3 Å². The topological polar surface area (TPSA) is 0 Å². The van der Waals surface area contributed by atoms with Crippen LogP contribution in [0.2, 0.25) is 0 Å². The lowest BCUT2D eigenvalue weighted by molar-refractivity contribution is 0.786. The van der Waals surface area contributed by atoms with Gasteiger partial charge in [0.15, 0.2) is 0 Å². The summed E-state index contributed by atoms with van der Waals surface area (Å²) in [6.07, 6.45) is 1.73. The Bertz CT molecular complexity index is 266. The first-order chi connectivity index (χ1) is 6.59. The highest BCUT2D eigenvalue weighted by molar-refractivity contribution is 6.48. The van der Waals surface area contributed by atoms with Crippen LogP contribution < -0.4 is 0 Å². The van der Waals surface area contributed by atoms with Gasteiger partial charge in [-0.3, -0.25) is 0 Å². The summed E-state index contributed by atoms with van der Waals surface area (Å²) in [6.45, 7) is 2.07. The monoisotopic (exact) mass is 250 g/mol. The molecule has 1 atom stereocenters. The smallest absolute Gasteiger partial charge is 0.120 e. The van der Waals surface area contributed by atoms with Gasteiger partial charge in [0.1, 0.15) is 4.84 Å². The molecule has 0 saturated carbocycles. The summed E-state index contributed by atoms with van der Waals surface area (Å²) in [7, 11) is 0. The van der Waals surface area contributed by atoms with Crippen molar-refractivity contribution in [3.63, 3.8) is 0 Å². The van der Waals surface area contributed by atoms with Gasteiger partial charge in [0.25, 0.3) is 0 Å². The summed E-state index contributed by atoms with van der Waals surface area (Å²) < 4.78 is 0. The van der Waals surface area contributed by atoms with Gasteiger partial charge >= 0.3 is 0 Å². The summed E-state index contributed by atoms with van der Waals surface area (Å²) in [6, 6.07) is 8.40. The van der Waals surface area contributed by atoms with Crippen LogP contribution in [0.5, 0.6) is 0 Å². The van der Waals surface area contributed by atoms with Crippen LogP contribution in [-0.4, -0.2) is 10.2 Å². The fourth-order valence-corrected chi connectivity index (χ4v) is 1.55. The van der Waals surface area contributed by atoms with Crippen molar-refractivity contribution in [2.75, 3.05) is 0 Å². The molecule has 0 spiro atoms. The maximum absolute atomic E-state index is 5.93. The minimum atomic E-state index is -0.484. The molecule has 0 aliphatic heterocycles. The molecule has 14 heavy (non-hydrogen) atoms. The highest BCUT2D eigenvalue weighted by Gasteiger charge is 2.12. The van der Waals surface area contributed by atoms with Gasteiger partial charge in [-0.1, -0.05) is 29.8 Å². The van der Waals surface area contributed by atoms with Crippen molar-refractivity contribution >= 4 is 34.8 Å². The molecule has 0 amide bonds. The van der Waals surface area contributed by atoms with Gasteiger partial charge in [0.2, 0.25) is 0 Å². The second-order valence-corrected chi connectivity index (χ2v) is 5.10. The second-order valence-electron chi connectivity index (χ2n) is 3.37. The zero-order valence-corrected chi connectivity index (χ0v) is 10.3. The van der Waals surface area contributed by atoms with Crippen molar-refractivity contribution in [3.8, 4) is 0 Å². The lowest BCUT2D eigenvalue weighted by Gasteiger charge is -2.09. The van der Waals surface area contributed by atoms with E-state index in [1.165, 1.54) is 11.1 Å². The number of benzene rings is 1. The van der Waals surface area contributed by atoms with Gasteiger partial charge in [0, 0.05) is 0 Å². The average molecular weight is 252 g/mol. The lowest BCUT2D eigenvalue weighted by Crippen LogP contribution is -2.09. The number of alkyl halides is 3. The molecular formula is C11H13Cl3. The van der Waals surface area contributed by atoms with Crippen molar-refractivity contribution in [2.24, 2.45) is 0 Å². The van der Waals surface area contributed by atoms with Crippen LogP contribution in [0.3, 0.4) is 0 Å². The maximum Gasteiger partial charge on any atom is 0.124 e. The molecule has 1 aromatic carbocycles. The SMILES string of the molecule is Cc1ccc(CCC(Cl)C(Cl)Cl)cc1. The zero-order chi connectivity index (χ0) is 10.6. The zero-order valence-electron chi connectivity index (χ0n) is 8.01. The minimum absolute atomic E-state index is 0.167. The van der Waals surface area contributed by atoms with E-state index in [-0.39, 0.29) is 5.38 Å². The van der Waals surface area contributed by atoms with Crippen LogP contribution in [-0.2, 0) is 6.42 Å². The highest BCUT2D eigenvalue weighted by Crippen LogP contribution is 2.19. The van der Waals surface area contributed by atoms with Crippen LogP contribution in [0.4, 0.5) is 0 Å². The molecule has 0 aliphatic rings. The molecule has 0 radical (unpaired) electrons. The Labute approximate surface area is 100 Å². The van der Waals surface area contributed by atoms with E-state index in [0.29, 0.717) is 0 Å². The number of halogens is 3. The molecule has 1 aromatic rings. The van der Waals surface area contributed by atoms with Crippen LogP contribution in [0.1, 0.15) is 17.5 Å². The van der Waals surface area contributed by atoms with Gasteiger partial charge in [0.05, 0.1) is 5.38 Å². The maximum atomic E-state index is 5.93. The van der Waals surface area contributed by atoms with Crippen LogP contribution in [0, 0.1) is 6.92 Å². The van der Waals surface area contributed by atoms with Gasteiger partial charge in [-0.25, -0.2) is 0 Å². The summed E-state index contributed by atoms with van der Waals surface area (Å²) in [5.41, 5.74) is 2.54. The van der Waals surface area contributed by atoms with E-state index >= 15 is 0 Å². The molecule has 0 bridgehead atoms. The quantitative estimate of drug-likeness (QED) is 0.699. The Morgan fingerprint density at radius 2 is 1.64 bits per heavy atom. The van der Waals surface area contributed by atoms with Gasteiger partial charge in [-0.2, -0.15) is 0 Å². The molecular weight excluding hydrogens is 238 g/mol. The molecule has 0 fully saturated rings. The van der Waals surface area contributed by atoms with Gasteiger partial charge < -0.3 is 0 Å². The van der Waals surface area contributed by atoms with Crippen LogP contribution >= 0.6 is 34.8 Å². The average Bonchev–Trinajstić information content (AvgIpc) is 2.16. The third-order valence-electron chi connectivity index (χ3n) is 2.10. The lowest BCUT2D eigenvalue weighted by atomic mass is 10.1. The first kappa shape index (κ1) is 12.2. The Kier molecular flexibility index (Phi) is 5.08. The number of rotatable bonds is 4. The van der Waals surface area contributed by atoms with Crippen molar-refractivity contribution in [2.45, 2.75) is 30.0 Å². The first-order valence-corrected chi connectivity index (χ1v) is 5.88. The van der Waals surface area contributed by atoms with E-state index in [4.69, 9.17) is 34.8 Å². The second kappa shape index (κ2) is 5.85. The predicted molar refractivity (Wildman–Crippen MR) is 64.6 cm³/mol. The first-order valence-electron chi connectivity index (χ1n) is 4.57. The third-order valence-corrected chi connectivity index (χ3v) is 3.44. The molecule has 0 N–H and O–H groups in total. The fraction of sp³-hybridized carbons (Fsp3) is 0.455. The highest BCUT2D eigenvalue weighted by atomic mass is 35.5. The molecule has 78 valence electrons. The summed E-state index contributed by atoms with van der Waals surface area (Å²) >= 11 is 17.2. The van der Waals surface area contributed by atoms with Gasteiger partial charge in [-0.05, 0) is 25.3 Å². The van der Waals surface area contributed by atoms with Crippen molar-refractivity contribution in [1.29, 1.82) is 0 Å². The standard InChI is InChI=1S/C11H13Cl3/c1-8-2-4-9(5-3-8)6-7-10(12)11(13)14/h2-5,10-11H,6-7H2,1H3. The normalized spacial score (nSPS) is 13.2. The minimum Gasteiger partial charge on any atom is -0.120 e. The summed E-state index contributed by atoms with van der Waals surface area (Å²) in [4.78, 5) is -0.484. The Morgan fingerprint density at radius 3 is 2.14 bits per heavy atom. The van der Waals surface area contributed by atoms with E-state index in [9.17, 15) is 0 Å². The summed E-state index contributed by atoms with van der Waals surface area (Å²) in [5.74, 6) is 0. The number of hydrogen-bond acceptors (Lipinski definition) is 0. The molecule has 0 saturated heterocycles. The van der Waals surface area contributed by atoms with Crippen LogP contribution in [0.25, 0.3) is 0 Å². The van der Waals surface area contributed by atoms with Crippen molar-refractivity contribution in [3.05, 3.63) is 35.4 Å². The molecule has 3 heteroatoms. The van der Waals surface area contributed by atoms with E-state index < -0.39 is 4.84 Å². The number of aryl methyl sites for hydroxylation is 2. The van der Waals surface area contributed by atoms with Crippen molar-refractivity contribution < 1.29 is 0 Å². The molecule has 0 aliphatic carbocycles. The molecule has 1 unspecified atom stereocenters. The fourth-order valence-electron chi connectivity index (χ4n) is 1.19. The van der Waals surface area contributed by atoms with E-state index in [2.05, 4.69) is 31.2 Å². The molecule has 0 heterocycles. The Morgan fingerprint density at radius 1 is 1.07 bits per heavy atom. The van der Waals surface area contributed by atoms with E-state index in [1.807, 2.05) is 0 Å². The molecule has 1 rings (SSSR count). The molecule has 0 nitrogen and oxygen atoms in total. The molecule has 0 aromatic heterocycles. The predicted octanol–water partition coefficient (Wildman–Crippen LogP) is 4.34. The number of hydrogen-bond donors (Lipinski definition) is 0. The Hall–Kier alpha value is 0.0900. The van der Waals surface area contributed by atoms with Crippen molar-refractivity contribution in [1.82, 2.24) is 0 Å². The Balaban J connectivity index is 2.42. The third kappa shape index (κ3) is 4.08. The largest absolute Gasteiger partial charge is 0.124 e. The van der Waals surface area contributed by atoms with E-state index in [1.54, 1.807) is 0 Å². The summed E-state index contributed by atoms with van der Waals surface area (Å²) in [5, 5.41) is -0.167.